The number of hydrogen-bond acceptors (Lipinski definition) is 6. The molecule has 0 aliphatic carbocycles. The van der Waals surface area contributed by atoms with Gasteiger partial charge in [0.1, 0.15) is 20.6 Å². The van der Waals surface area contributed by atoms with Gasteiger partial charge in [-0.25, -0.2) is 9.37 Å². The van der Waals surface area contributed by atoms with Crippen LogP contribution in [0.25, 0.3) is 0 Å². The van der Waals surface area contributed by atoms with E-state index in [1.165, 1.54) is 6.07 Å². The van der Waals surface area contributed by atoms with E-state index < -0.39 is 5.79 Å². The molecule has 0 N–H and O–H groups in total. The highest BCUT2D eigenvalue weighted by atomic mass is 19.1. The minimum absolute atomic E-state index is 0.105. The minimum Gasteiger partial charge on any atom is -0.393 e. The van der Waals surface area contributed by atoms with Crippen LogP contribution in [0.4, 0.5) is 10.2 Å². The summed E-state index contributed by atoms with van der Waals surface area (Å²) in [7, 11) is 1.81. The summed E-state index contributed by atoms with van der Waals surface area (Å²) in [6.07, 6.45) is 1.55. The third-order valence-corrected chi connectivity index (χ3v) is 3.53. The number of anilines is 1. The Bertz CT molecular complexity index is 589. The molecule has 2 fully saturated rings. The Hall–Kier alpha value is -1.67. The summed E-state index contributed by atoms with van der Waals surface area (Å²) < 4.78 is 24.8. The molecule has 0 aromatic carbocycles. The van der Waals surface area contributed by atoms with Crippen LogP contribution >= 0.6 is 0 Å². The van der Waals surface area contributed by atoms with Crippen LogP contribution in [0.2, 0.25) is 0 Å². The van der Waals surface area contributed by atoms with Crippen molar-refractivity contribution in [2.24, 2.45) is 5.16 Å². The molecule has 0 spiro atoms. The highest BCUT2D eigenvalue weighted by Crippen LogP contribution is 2.23. The smallest absolute Gasteiger partial charge is 0.165 e. The monoisotopic (exact) mass is 307 g/mol. The SMILES string of the molecule is Bc1cnc(N2CC(=NOCC3COC(C)(C)O3)C2)c(F)c1. The molecule has 2 saturated heterocycles. The number of hydrogen-bond donors (Lipinski definition) is 0. The average molecular weight is 307 g/mol. The summed E-state index contributed by atoms with van der Waals surface area (Å²) in [6.45, 7) is 5.64. The Kier molecular flexibility index (Phi) is 4.05. The van der Waals surface area contributed by atoms with Crippen molar-refractivity contribution in [3.63, 3.8) is 0 Å². The largest absolute Gasteiger partial charge is 0.393 e. The Labute approximate surface area is 129 Å². The first-order chi connectivity index (χ1) is 10.4. The van der Waals surface area contributed by atoms with Crippen molar-refractivity contribution >= 4 is 24.8 Å². The third kappa shape index (κ3) is 3.39. The topological polar surface area (TPSA) is 56.2 Å². The van der Waals surface area contributed by atoms with E-state index in [4.69, 9.17) is 14.3 Å². The van der Waals surface area contributed by atoms with E-state index in [9.17, 15) is 4.39 Å². The summed E-state index contributed by atoms with van der Waals surface area (Å²) in [5, 5.41) is 4.05. The summed E-state index contributed by atoms with van der Waals surface area (Å²) >= 11 is 0. The van der Waals surface area contributed by atoms with Gasteiger partial charge in [-0.15, -0.1) is 0 Å². The first-order valence-electron chi connectivity index (χ1n) is 7.29. The van der Waals surface area contributed by atoms with E-state index in [1.807, 2.05) is 26.6 Å². The fourth-order valence-electron chi connectivity index (χ4n) is 2.42. The van der Waals surface area contributed by atoms with Gasteiger partial charge in [-0.3, -0.25) is 0 Å². The summed E-state index contributed by atoms with van der Waals surface area (Å²) in [5.41, 5.74) is 1.67. The van der Waals surface area contributed by atoms with Crippen LogP contribution in [0, 0.1) is 5.82 Å². The maximum absolute atomic E-state index is 13.8. The van der Waals surface area contributed by atoms with Gasteiger partial charge in [0, 0.05) is 6.20 Å². The molecule has 1 unspecified atom stereocenters. The van der Waals surface area contributed by atoms with E-state index >= 15 is 0 Å². The molecule has 22 heavy (non-hydrogen) atoms. The molecule has 3 rings (SSSR count). The Balaban J connectivity index is 1.45. The molecule has 1 aromatic rings. The molecule has 2 aliphatic rings. The highest BCUT2D eigenvalue weighted by molar-refractivity contribution is 6.32. The molecule has 1 aromatic heterocycles. The van der Waals surface area contributed by atoms with Gasteiger partial charge in [0.25, 0.3) is 0 Å². The minimum atomic E-state index is -0.553. The zero-order valence-corrected chi connectivity index (χ0v) is 13.0. The number of ether oxygens (including phenoxy) is 2. The second kappa shape index (κ2) is 5.85. The fourth-order valence-corrected chi connectivity index (χ4v) is 2.42. The summed E-state index contributed by atoms with van der Waals surface area (Å²) in [4.78, 5) is 11.2. The lowest BCUT2D eigenvalue weighted by molar-refractivity contribution is -0.145. The Morgan fingerprint density at radius 2 is 2.32 bits per heavy atom. The molecule has 118 valence electrons. The van der Waals surface area contributed by atoms with Gasteiger partial charge >= 0.3 is 0 Å². The maximum atomic E-state index is 13.8. The second-order valence-corrected chi connectivity index (χ2v) is 6.08. The summed E-state index contributed by atoms with van der Waals surface area (Å²) in [6, 6.07) is 1.48. The molecule has 8 heteroatoms. The van der Waals surface area contributed by atoms with E-state index in [2.05, 4.69) is 10.1 Å². The van der Waals surface area contributed by atoms with Crippen molar-refractivity contribution in [1.29, 1.82) is 0 Å². The third-order valence-electron chi connectivity index (χ3n) is 3.53. The molecule has 3 heterocycles. The highest BCUT2D eigenvalue weighted by Gasteiger charge is 2.33. The molecular weight excluding hydrogens is 288 g/mol. The van der Waals surface area contributed by atoms with E-state index in [0.29, 0.717) is 32.1 Å². The zero-order chi connectivity index (χ0) is 15.7. The lowest BCUT2D eigenvalue weighted by Gasteiger charge is -2.33. The Morgan fingerprint density at radius 1 is 1.55 bits per heavy atom. The number of pyridine rings is 1. The first kappa shape index (κ1) is 15.2. The number of aromatic nitrogens is 1. The second-order valence-electron chi connectivity index (χ2n) is 6.08. The van der Waals surface area contributed by atoms with Crippen molar-refractivity contribution in [2.45, 2.75) is 25.7 Å². The normalized spacial score (nSPS) is 23.3. The average Bonchev–Trinajstić information content (AvgIpc) is 2.73. The van der Waals surface area contributed by atoms with Crippen LogP contribution in [0.5, 0.6) is 0 Å². The van der Waals surface area contributed by atoms with Crippen LogP contribution in [-0.4, -0.2) is 56.7 Å². The lowest BCUT2D eigenvalue weighted by atomic mass is 9.99. The molecule has 0 radical (unpaired) electrons. The van der Waals surface area contributed by atoms with Crippen molar-refractivity contribution < 1.29 is 18.7 Å². The maximum Gasteiger partial charge on any atom is 0.165 e. The van der Waals surface area contributed by atoms with Crippen molar-refractivity contribution in [3.8, 4) is 0 Å². The van der Waals surface area contributed by atoms with E-state index in [-0.39, 0.29) is 11.9 Å². The van der Waals surface area contributed by atoms with Crippen LogP contribution in [0.1, 0.15) is 13.8 Å². The number of oxime groups is 1. The molecular formula is C14H19BFN3O3. The van der Waals surface area contributed by atoms with Crippen molar-refractivity contribution in [3.05, 3.63) is 18.1 Å². The van der Waals surface area contributed by atoms with Gasteiger partial charge in [0.05, 0.1) is 25.4 Å². The van der Waals surface area contributed by atoms with Gasteiger partial charge in [0.15, 0.2) is 17.4 Å². The lowest BCUT2D eigenvalue weighted by Crippen LogP contribution is -2.48. The van der Waals surface area contributed by atoms with Gasteiger partial charge < -0.3 is 19.2 Å². The molecule has 6 nitrogen and oxygen atoms in total. The van der Waals surface area contributed by atoms with E-state index in [0.717, 1.165) is 11.2 Å². The van der Waals surface area contributed by atoms with Crippen LogP contribution in [-0.2, 0) is 14.3 Å². The van der Waals surface area contributed by atoms with Gasteiger partial charge in [0.2, 0.25) is 0 Å². The van der Waals surface area contributed by atoms with E-state index in [1.54, 1.807) is 6.20 Å². The molecule has 2 aliphatic heterocycles. The zero-order valence-electron chi connectivity index (χ0n) is 13.0. The molecule has 0 saturated carbocycles. The predicted molar refractivity (Wildman–Crippen MR) is 82.9 cm³/mol. The first-order valence-corrected chi connectivity index (χ1v) is 7.29. The van der Waals surface area contributed by atoms with Crippen molar-refractivity contribution in [1.82, 2.24) is 4.98 Å². The molecule has 0 bridgehead atoms. The Morgan fingerprint density at radius 3 is 2.95 bits per heavy atom. The fraction of sp³-hybridized carbons (Fsp3) is 0.571. The van der Waals surface area contributed by atoms with Gasteiger partial charge in [-0.05, 0) is 19.9 Å². The van der Waals surface area contributed by atoms with Gasteiger partial charge in [-0.2, -0.15) is 0 Å². The quantitative estimate of drug-likeness (QED) is 0.571. The number of nitrogens with zero attached hydrogens (tertiary/aromatic N) is 3. The van der Waals surface area contributed by atoms with Crippen LogP contribution in [0.3, 0.4) is 0 Å². The van der Waals surface area contributed by atoms with Crippen LogP contribution < -0.4 is 10.4 Å². The predicted octanol–water partition coefficient (Wildman–Crippen LogP) is -0.177. The number of rotatable bonds is 4. The van der Waals surface area contributed by atoms with Crippen LogP contribution in [0.15, 0.2) is 17.4 Å². The summed E-state index contributed by atoms with van der Waals surface area (Å²) in [5.74, 6) is -0.499. The van der Waals surface area contributed by atoms with Crippen molar-refractivity contribution in [2.75, 3.05) is 31.2 Å². The standard InChI is InChI=1S/C14H19BFN3O3/c1-14(2)20-7-11(22-14)8-21-18-10-5-19(6-10)13-12(16)3-9(15)4-17-13/h3-4,11H,5-8,15H2,1-2H3. The molecule has 1 atom stereocenters. The van der Waals surface area contributed by atoms with Gasteiger partial charge in [-0.1, -0.05) is 10.6 Å². The number of halogens is 1. The molecule has 0 amide bonds.